The van der Waals surface area contributed by atoms with Crippen LogP contribution in [0.4, 0.5) is 5.69 Å². The number of likely N-dealkylation sites (tertiary alicyclic amines) is 1. The first-order valence-corrected chi connectivity index (χ1v) is 7.56. The van der Waals surface area contributed by atoms with Gasteiger partial charge in [0.1, 0.15) is 0 Å². The fourth-order valence-corrected chi connectivity index (χ4v) is 2.75. The predicted molar refractivity (Wildman–Crippen MR) is 86.7 cm³/mol. The van der Waals surface area contributed by atoms with E-state index in [1.807, 2.05) is 54.6 Å². The average Bonchev–Trinajstić information content (AvgIpc) is 2.93. The number of β-amino-alcohol motifs (C(OH)–C–C–N with tert-alkyl or cyclic N) is 1. The summed E-state index contributed by atoms with van der Waals surface area (Å²) in [7, 11) is 0. The second-order valence-electron chi connectivity index (χ2n) is 5.70. The number of hydrogen-bond acceptors (Lipinski definition) is 3. The lowest BCUT2D eigenvalue weighted by molar-refractivity contribution is 0.102. The monoisotopic (exact) mass is 296 g/mol. The van der Waals surface area contributed by atoms with Gasteiger partial charge in [0.25, 0.3) is 5.91 Å². The molecule has 4 nitrogen and oxygen atoms in total. The number of amides is 1. The second-order valence-corrected chi connectivity index (χ2v) is 5.70. The summed E-state index contributed by atoms with van der Waals surface area (Å²) in [5.41, 5.74) is 2.54. The molecule has 1 atom stereocenters. The van der Waals surface area contributed by atoms with E-state index in [4.69, 9.17) is 0 Å². The number of para-hydroxylation sites is 1. The number of nitrogens with zero attached hydrogens (tertiary/aromatic N) is 1. The molecule has 0 spiro atoms. The van der Waals surface area contributed by atoms with E-state index in [0.29, 0.717) is 12.1 Å². The number of aliphatic hydroxyl groups excluding tert-OH is 1. The number of rotatable bonds is 4. The number of nitrogens with one attached hydrogen (secondary N) is 1. The van der Waals surface area contributed by atoms with Crippen LogP contribution in [0.3, 0.4) is 0 Å². The van der Waals surface area contributed by atoms with Crippen molar-refractivity contribution in [1.82, 2.24) is 4.90 Å². The minimum Gasteiger partial charge on any atom is -0.392 e. The van der Waals surface area contributed by atoms with Crippen molar-refractivity contribution in [2.45, 2.75) is 19.1 Å². The summed E-state index contributed by atoms with van der Waals surface area (Å²) in [6.07, 6.45) is 0.610. The molecule has 0 aromatic heterocycles. The molecule has 0 saturated carbocycles. The van der Waals surface area contributed by atoms with Crippen LogP contribution in [0.1, 0.15) is 22.3 Å². The van der Waals surface area contributed by atoms with Gasteiger partial charge in [-0.3, -0.25) is 9.69 Å². The van der Waals surface area contributed by atoms with Gasteiger partial charge in [-0.1, -0.05) is 30.3 Å². The zero-order valence-electron chi connectivity index (χ0n) is 12.4. The van der Waals surface area contributed by atoms with Gasteiger partial charge in [-0.05, 0) is 36.2 Å². The van der Waals surface area contributed by atoms with E-state index in [-0.39, 0.29) is 12.0 Å². The molecule has 3 rings (SSSR count). The van der Waals surface area contributed by atoms with Crippen LogP contribution < -0.4 is 5.32 Å². The highest BCUT2D eigenvalue weighted by Crippen LogP contribution is 2.15. The summed E-state index contributed by atoms with van der Waals surface area (Å²) in [6, 6.07) is 17.1. The van der Waals surface area contributed by atoms with Crippen molar-refractivity contribution in [3.63, 3.8) is 0 Å². The fraction of sp³-hybridized carbons (Fsp3) is 0.278. The molecule has 114 valence electrons. The summed E-state index contributed by atoms with van der Waals surface area (Å²) in [6.45, 7) is 2.38. The van der Waals surface area contributed by atoms with Crippen LogP contribution in [-0.2, 0) is 6.54 Å². The van der Waals surface area contributed by atoms with Gasteiger partial charge in [0, 0.05) is 30.9 Å². The van der Waals surface area contributed by atoms with Gasteiger partial charge >= 0.3 is 0 Å². The Labute approximate surface area is 130 Å². The van der Waals surface area contributed by atoms with Gasteiger partial charge in [0.15, 0.2) is 0 Å². The molecule has 1 amide bonds. The predicted octanol–water partition coefficient (Wildman–Crippen LogP) is 2.51. The Hall–Kier alpha value is -2.17. The van der Waals surface area contributed by atoms with Gasteiger partial charge in [-0.15, -0.1) is 0 Å². The molecule has 22 heavy (non-hydrogen) atoms. The molecule has 2 N–H and O–H groups in total. The van der Waals surface area contributed by atoms with Crippen molar-refractivity contribution >= 4 is 11.6 Å². The van der Waals surface area contributed by atoms with Crippen molar-refractivity contribution in [2.24, 2.45) is 0 Å². The van der Waals surface area contributed by atoms with Crippen LogP contribution in [-0.4, -0.2) is 35.1 Å². The first kappa shape index (κ1) is 14.8. The van der Waals surface area contributed by atoms with E-state index in [2.05, 4.69) is 10.2 Å². The van der Waals surface area contributed by atoms with E-state index in [1.54, 1.807) is 0 Å². The maximum absolute atomic E-state index is 12.3. The number of hydrogen-bond donors (Lipinski definition) is 2. The Balaban J connectivity index is 1.66. The zero-order chi connectivity index (χ0) is 15.4. The third kappa shape index (κ3) is 3.72. The SMILES string of the molecule is O=C(Nc1ccccc1)c1cccc(CN2CC[C@H](O)C2)c1. The minimum absolute atomic E-state index is 0.102. The van der Waals surface area contributed by atoms with Crippen molar-refractivity contribution in [2.75, 3.05) is 18.4 Å². The Morgan fingerprint density at radius 1 is 1.18 bits per heavy atom. The molecule has 0 aliphatic carbocycles. The van der Waals surface area contributed by atoms with Gasteiger partial charge < -0.3 is 10.4 Å². The maximum Gasteiger partial charge on any atom is 0.255 e. The molecule has 1 heterocycles. The van der Waals surface area contributed by atoms with Gasteiger partial charge in [0.05, 0.1) is 6.10 Å². The molecule has 2 aromatic carbocycles. The van der Waals surface area contributed by atoms with Crippen LogP contribution in [0.2, 0.25) is 0 Å². The highest BCUT2D eigenvalue weighted by molar-refractivity contribution is 6.04. The van der Waals surface area contributed by atoms with Gasteiger partial charge in [-0.25, -0.2) is 0 Å². The molecule has 1 fully saturated rings. The minimum atomic E-state index is -0.218. The Morgan fingerprint density at radius 2 is 2.00 bits per heavy atom. The van der Waals surface area contributed by atoms with Crippen LogP contribution in [0, 0.1) is 0 Å². The number of carbonyl (C=O) groups is 1. The number of carbonyl (C=O) groups excluding carboxylic acids is 1. The largest absolute Gasteiger partial charge is 0.392 e. The van der Waals surface area contributed by atoms with E-state index in [0.717, 1.165) is 30.8 Å². The average molecular weight is 296 g/mol. The van der Waals surface area contributed by atoms with Crippen molar-refractivity contribution in [1.29, 1.82) is 0 Å². The molecular formula is C18H20N2O2. The zero-order valence-corrected chi connectivity index (χ0v) is 12.4. The first-order valence-electron chi connectivity index (χ1n) is 7.56. The van der Waals surface area contributed by atoms with E-state index >= 15 is 0 Å². The van der Waals surface area contributed by atoms with E-state index < -0.39 is 0 Å². The lowest BCUT2D eigenvalue weighted by Gasteiger charge is -2.15. The Bertz CT molecular complexity index is 643. The van der Waals surface area contributed by atoms with Crippen molar-refractivity contribution < 1.29 is 9.90 Å². The number of anilines is 1. The molecule has 1 saturated heterocycles. The molecule has 4 heteroatoms. The summed E-state index contributed by atoms with van der Waals surface area (Å²) in [5.74, 6) is -0.102. The van der Waals surface area contributed by atoms with Gasteiger partial charge in [-0.2, -0.15) is 0 Å². The molecular weight excluding hydrogens is 276 g/mol. The summed E-state index contributed by atoms with van der Waals surface area (Å²) in [4.78, 5) is 14.5. The van der Waals surface area contributed by atoms with E-state index in [1.165, 1.54) is 0 Å². The third-order valence-electron chi connectivity index (χ3n) is 3.87. The topological polar surface area (TPSA) is 52.6 Å². The third-order valence-corrected chi connectivity index (χ3v) is 3.87. The van der Waals surface area contributed by atoms with Crippen LogP contribution >= 0.6 is 0 Å². The summed E-state index contributed by atoms with van der Waals surface area (Å²) >= 11 is 0. The van der Waals surface area contributed by atoms with E-state index in [9.17, 15) is 9.90 Å². The molecule has 1 aliphatic heterocycles. The lowest BCUT2D eigenvalue weighted by atomic mass is 10.1. The molecule has 0 radical (unpaired) electrons. The molecule has 2 aromatic rings. The normalized spacial score (nSPS) is 18.3. The number of benzene rings is 2. The van der Waals surface area contributed by atoms with Crippen LogP contribution in [0.25, 0.3) is 0 Å². The molecule has 1 aliphatic rings. The molecule has 0 unspecified atom stereocenters. The lowest BCUT2D eigenvalue weighted by Crippen LogP contribution is -2.21. The fourth-order valence-electron chi connectivity index (χ4n) is 2.75. The van der Waals surface area contributed by atoms with Crippen LogP contribution in [0.15, 0.2) is 54.6 Å². The second kappa shape index (κ2) is 6.73. The quantitative estimate of drug-likeness (QED) is 0.911. The van der Waals surface area contributed by atoms with Crippen molar-refractivity contribution in [3.05, 3.63) is 65.7 Å². The summed E-state index contributed by atoms with van der Waals surface area (Å²) < 4.78 is 0. The first-order chi connectivity index (χ1) is 10.7. The Kier molecular flexibility index (Phi) is 4.51. The standard InChI is InChI=1S/C18H20N2O2/c21-17-9-10-20(13-17)12-14-5-4-6-15(11-14)18(22)19-16-7-2-1-3-8-16/h1-8,11,17,21H,9-10,12-13H2,(H,19,22)/t17-/m0/s1. The number of aliphatic hydroxyl groups is 1. The Morgan fingerprint density at radius 3 is 2.73 bits per heavy atom. The van der Waals surface area contributed by atoms with Gasteiger partial charge in [0.2, 0.25) is 0 Å². The maximum atomic E-state index is 12.3. The molecule has 0 bridgehead atoms. The smallest absolute Gasteiger partial charge is 0.255 e. The highest BCUT2D eigenvalue weighted by atomic mass is 16.3. The van der Waals surface area contributed by atoms with Crippen molar-refractivity contribution in [3.8, 4) is 0 Å². The summed E-state index contributed by atoms with van der Waals surface area (Å²) in [5, 5.41) is 12.5. The highest BCUT2D eigenvalue weighted by Gasteiger charge is 2.20. The van der Waals surface area contributed by atoms with Crippen LogP contribution in [0.5, 0.6) is 0 Å².